The number of nitrogens with zero attached hydrogens (tertiary/aromatic N) is 1. The molecule has 1 unspecified atom stereocenters. The van der Waals surface area contributed by atoms with Crippen molar-refractivity contribution in [3.63, 3.8) is 0 Å². The molecule has 1 aliphatic heterocycles. The summed E-state index contributed by atoms with van der Waals surface area (Å²) in [7, 11) is 0. The van der Waals surface area contributed by atoms with Crippen LogP contribution in [0.3, 0.4) is 0 Å². The smallest absolute Gasteiger partial charge is 0.248 e. The summed E-state index contributed by atoms with van der Waals surface area (Å²) in [5, 5.41) is 0.670. The van der Waals surface area contributed by atoms with E-state index in [0.717, 1.165) is 0 Å². The molecule has 20 heavy (non-hydrogen) atoms. The van der Waals surface area contributed by atoms with E-state index >= 15 is 0 Å². The molecule has 1 aliphatic carbocycles. The monoisotopic (exact) mass is 353 g/mol. The summed E-state index contributed by atoms with van der Waals surface area (Å²) in [6.07, 6.45) is 0.219. The summed E-state index contributed by atoms with van der Waals surface area (Å²) >= 11 is 3.39. The van der Waals surface area contributed by atoms with Crippen molar-refractivity contribution in [2.75, 3.05) is 18.4 Å². The number of morpholine rings is 1. The van der Waals surface area contributed by atoms with Crippen molar-refractivity contribution in [1.29, 1.82) is 0 Å². The third-order valence-corrected chi connectivity index (χ3v) is 4.75. The van der Waals surface area contributed by atoms with Crippen LogP contribution in [0.4, 0.5) is 8.78 Å². The van der Waals surface area contributed by atoms with Gasteiger partial charge in [-0.1, -0.05) is 15.9 Å². The van der Waals surface area contributed by atoms with Crippen molar-refractivity contribution in [2.24, 2.45) is 5.92 Å². The topological polar surface area (TPSA) is 29.5 Å². The first kappa shape index (κ1) is 16.1. The molecule has 1 saturated heterocycles. The van der Waals surface area contributed by atoms with Crippen LogP contribution in [-0.4, -0.2) is 46.9 Å². The lowest BCUT2D eigenvalue weighted by atomic mass is 9.85. The Labute approximate surface area is 127 Å². The molecule has 1 saturated carbocycles. The maximum Gasteiger partial charge on any atom is 0.248 e. The SMILES string of the molecule is CC1(C)CN(C(=O)C2CCC(F)(F)CC2)CC(CBr)O1. The van der Waals surface area contributed by atoms with E-state index in [1.165, 1.54) is 0 Å². The van der Waals surface area contributed by atoms with Crippen LogP contribution in [0.1, 0.15) is 39.5 Å². The number of ether oxygens (including phenoxy) is 1. The maximum absolute atomic E-state index is 13.2. The molecule has 2 fully saturated rings. The van der Waals surface area contributed by atoms with Crippen LogP contribution in [-0.2, 0) is 9.53 Å². The number of hydrogen-bond acceptors (Lipinski definition) is 2. The molecule has 2 rings (SSSR count). The molecule has 1 atom stereocenters. The lowest BCUT2D eigenvalue weighted by molar-refractivity contribution is -0.163. The molecule has 1 heterocycles. The zero-order valence-corrected chi connectivity index (χ0v) is 13.6. The van der Waals surface area contributed by atoms with E-state index in [9.17, 15) is 13.6 Å². The normalized spacial score (nSPS) is 30.2. The Balaban J connectivity index is 1.98. The molecule has 0 aromatic rings. The fourth-order valence-corrected chi connectivity index (χ4v) is 3.43. The summed E-state index contributed by atoms with van der Waals surface area (Å²) in [6.45, 7) is 4.98. The molecule has 0 aromatic carbocycles. The van der Waals surface area contributed by atoms with Crippen molar-refractivity contribution in [3.05, 3.63) is 0 Å². The van der Waals surface area contributed by atoms with Gasteiger partial charge in [-0.25, -0.2) is 8.78 Å². The van der Waals surface area contributed by atoms with E-state index in [0.29, 0.717) is 31.3 Å². The minimum absolute atomic E-state index is 0.0165. The molecule has 6 heteroatoms. The summed E-state index contributed by atoms with van der Waals surface area (Å²) in [5.41, 5.74) is -0.384. The molecule has 2 aliphatic rings. The highest BCUT2D eigenvalue weighted by molar-refractivity contribution is 9.09. The lowest BCUT2D eigenvalue weighted by Gasteiger charge is -2.44. The zero-order valence-electron chi connectivity index (χ0n) is 12.0. The molecule has 0 radical (unpaired) electrons. The molecular weight excluding hydrogens is 332 g/mol. The van der Waals surface area contributed by atoms with Gasteiger partial charge in [0.05, 0.1) is 11.7 Å². The predicted molar refractivity (Wildman–Crippen MR) is 76.2 cm³/mol. The Morgan fingerprint density at radius 3 is 2.50 bits per heavy atom. The Bertz CT molecular complexity index is 366. The maximum atomic E-state index is 13.2. The van der Waals surface area contributed by atoms with Crippen LogP contribution in [0.2, 0.25) is 0 Å². The van der Waals surface area contributed by atoms with E-state index in [2.05, 4.69) is 15.9 Å². The second-order valence-corrected chi connectivity index (χ2v) is 7.15. The Morgan fingerprint density at radius 1 is 1.35 bits per heavy atom. The lowest BCUT2D eigenvalue weighted by Crippen LogP contribution is -2.56. The minimum atomic E-state index is -2.58. The van der Waals surface area contributed by atoms with E-state index < -0.39 is 5.92 Å². The van der Waals surface area contributed by atoms with E-state index in [-0.39, 0.29) is 36.4 Å². The van der Waals surface area contributed by atoms with Crippen molar-refractivity contribution in [3.8, 4) is 0 Å². The highest BCUT2D eigenvalue weighted by Crippen LogP contribution is 2.37. The van der Waals surface area contributed by atoms with Gasteiger partial charge < -0.3 is 9.64 Å². The second-order valence-electron chi connectivity index (χ2n) is 6.50. The van der Waals surface area contributed by atoms with Gasteiger partial charge >= 0.3 is 0 Å². The number of amides is 1. The van der Waals surface area contributed by atoms with E-state index in [1.54, 1.807) is 4.90 Å². The fourth-order valence-electron chi connectivity index (χ4n) is 3.09. The molecule has 0 bridgehead atoms. The summed E-state index contributed by atoms with van der Waals surface area (Å²) in [5.74, 6) is -2.82. The van der Waals surface area contributed by atoms with E-state index in [4.69, 9.17) is 4.74 Å². The number of hydrogen-bond donors (Lipinski definition) is 0. The molecule has 0 aromatic heterocycles. The van der Waals surface area contributed by atoms with Crippen molar-refractivity contribution in [1.82, 2.24) is 4.90 Å². The third-order valence-electron chi connectivity index (χ3n) is 4.03. The molecule has 1 amide bonds. The highest BCUT2D eigenvalue weighted by Gasteiger charge is 2.41. The number of carbonyl (C=O) groups is 1. The Hall–Kier alpha value is -0.230. The van der Waals surface area contributed by atoms with Crippen molar-refractivity contribution < 1.29 is 18.3 Å². The van der Waals surface area contributed by atoms with Gasteiger partial charge in [-0.2, -0.15) is 0 Å². The van der Waals surface area contributed by atoms with Gasteiger partial charge in [-0.15, -0.1) is 0 Å². The Kier molecular flexibility index (Phi) is 4.74. The van der Waals surface area contributed by atoms with Crippen molar-refractivity contribution in [2.45, 2.75) is 57.2 Å². The summed E-state index contributed by atoms with van der Waals surface area (Å²) < 4.78 is 32.2. The zero-order chi connectivity index (χ0) is 15.0. The number of carbonyl (C=O) groups excluding carboxylic acids is 1. The van der Waals surface area contributed by atoms with Gasteiger partial charge in [-0.05, 0) is 26.7 Å². The average Bonchev–Trinajstić information content (AvgIpc) is 2.36. The molecule has 116 valence electrons. The van der Waals surface area contributed by atoms with Crippen LogP contribution >= 0.6 is 15.9 Å². The number of rotatable bonds is 2. The summed E-state index contributed by atoms with van der Waals surface area (Å²) in [4.78, 5) is 14.3. The van der Waals surface area contributed by atoms with Crippen LogP contribution in [0.25, 0.3) is 0 Å². The van der Waals surface area contributed by atoms with Gasteiger partial charge in [0.1, 0.15) is 0 Å². The van der Waals surface area contributed by atoms with Gasteiger partial charge in [0.25, 0.3) is 0 Å². The van der Waals surface area contributed by atoms with Gasteiger partial charge in [0.15, 0.2) is 0 Å². The van der Waals surface area contributed by atoms with Crippen LogP contribution in [0.15, 0.2) is 0 Å². The highest BCUT2D eigenvalue weighted by atomic mass is 79.9. The predicted octanol–water partition coefficient (Wildman–Crippen LogP) is 3.21. The first-order valence-corrected chi connectivity index (χ1v) is 8.25. The Morgan fingerprint density at radius 2 is 1.95 bits per heavy atom. The second kappa shape index (κ2) is 5.87. The number of alkyl halides is 3. The summed E-state index contributed by atoms with van der Waals surface area (Å²) in [6, 6.07) is 0. The van der Waals surface area contributed by atoms with Crippen LogP contribution in [0, 0.1) is 5.92 Å². The molecular formula is C14H22BrF2NO2. The number of halogens is 3. The van der Waals surface area contributed by atoms with Crippen LogP contribution < -0.4 is 0 Å². The standard InChI is InChI=1S/C14H22BrF2NO2/c1-13(2)9-18(8-11(7-15)20-13)12(19)10-3-5-14(16,17)6-4-10/h10-11H,3-9H2,1-2H3. The first-order valence-electron chi connectivity index (χ1n) is 7.13. The van der Waals surface area contributed by atoms with Crippen LogP contribution in [0.5, 0.6) is 0 Å². The van der Waals surface area contributed by atoms with Crippen molar-refractivity contribution >= 4 is 21.8 Å². The van der Waals surface area contributed by atoms with Gasteiger partial charge in [0.2, 0.25) is 11.8 Å². The van der Waals surface area contributed by atoms with E-state index in [1.807, 2.05) is 13.8 Å². The molecule has 3 nitrogen and oxygen atoms in total. The quantitative estimate of drug-likeness (QED) is 0.713. The average molecular weight is 354 g/mol. The molecule has 0 spiro atoms. The third kappa shape index (κ3) is 3.91. The largest absolute Gasteiger partial charge is 0.368 e. The first-order chi connectivity index (χ1) is 9.22. The minimum Gasteiger partial charge on any atom is -0.368 e. The van der Waals surface area contributed by atoms with Gasteiger partial charge in [-0.3, -0.25) is 4.79 Å². The molecule has 0 N–H and O–H groups in total. The van der Waals surface area contributed by atoms with Gasteiger partial charge in [0, 0.05) is 37.2 Å². The fraction of sp³-hybridized carbons (Fsp3) is 0.929.